The maximum absolute atomic E-state index is 12.3. The molecular weight excluding hydrogens is 386 g/mol. The summed E-state index contributed by atoms with van der Waals surface area (Å²) in [7, 11) is 0. The number of esters is 1. The Morgan fingerprint density at radius 2 is 1.62 bits per heavy atom. The smallest absolute Gasteiger partial charge is 0.311 e. The predicted octanol–water partition coefficient (Wildman–Crippen LogP) is 5.19. The van der Waals surface area contributed by atoms with Crippen LogP contribution >= 0.6 is 11.3 Å². The number of Topliss-reactive ketones (excluding diaryl/α,β-unsaturated/α-hetero) is 1. The van der Waals surface area contributed by atoms with Crippen molar-refractivity contribution in [3.05, 3.63) is 81.5 Å². The van der Waals surface area contributed by atoms with Crippen LogP contribution in [0.25, 0.3) is 0 Å². The van der Waals surface area contributed by atoms with E-state index in [4.69, 9.17) is 4.74 Å². The van der Waals surface area contributed by atoms with E-state index >= 15 is 0 Å². The SMILES string of the molecule is Cc1cc(C(=O)CCC(=O)Oc2ccc(NC(=O)c3ccccc3)cc2)c(C)s1. The highest BCUT2D eigenvalue weighted by Crippen LogP contribution is 2.23. The van der Waals surface area contributed by atoms with Crippen LogP contribution in [0.15, 0.2) is 60.7 Å². The Hall–Kier alpha value is -3.25. The van der Waals surface area contributed by atoms with Gasteiger partial charge in [0.15, 0.2) is 5.78 Å². The average Bonchev–Trinajstić information content (AvgIpc) is 3.06. The fourth-order valence-corrected chi connectivity index (χ4v) is 3.78. The maximum atomic E-state index is 12.3. The van der Waals surface area contributed by atoms with Gasteiger partial charge in [0.2, 0.25) is 0 Å². The normalized spacial score (nSPS) is 10.4. The number of ketones is 1. The summed E-state index contributed by atoms with van der Waals surface area (Å²) in [5.41, 5.74) is 1.83. The Labute approximate surface area is 173 Å². The number of hydrogen-bond acceptors (Lipinski definition) is 5. The molecular formula is C23H21NO4S. The van der Waals surface area contributed by atoms with Crippen LogP contribution in [-0.4, -0.2) is 17.7 Å². The summed E-state index contributed by atoms with van der Waals surface area (Å²) >= 11 is 1.57. The first kappa shape index (κ1) is 20.5. The highest BCUT2D eigenvalue weighted by molar-refractivity contribution is 7.12. The molecule has 0 radical (unpaired) electrons. The first-order valence-corrected chi connectivity index (χ1v) is 10.0. The van der Waals surface area contributed by atoms with Crippen LogP contribution in [0.2, 0.25) is 0 Å². The standard InChI is InChI=1S/C23H21NO4S/c1-15-14-20(16(2)29-15)21(25)12-13-22(26)28-19-10-8-18(9-11-19)24-23(27)17-6-4-3-5-7-17/h3-11,14H,12-13H2,1-2H3,(H,24,27). The van der Waals surface area contributed by atoms with Gasteiger partial charge in [0.1, 0.15) is 5.75 Å². The molecule has 0 aliphatic heterocycles. The van der Waals surface area contributed by atoms with Gasteiger partial charge in [-0.1, -0.05) is 18.2 Å². The molecule has 0 aliphatic carbocycles. The van der Waals surface area contributed by atoms with Crippen molar-refractivity contribution in [1.29, 1.82) is 0 Å². The van der Waals surface area contributed by atoms with Crippen molar-refractivity contribution < 1.29 is 19.1 Å². The number of thiophene rings is 1. The molecule has 0 unspecified atom stereocenters. The lowest BCUT2D eigenvalue weighted by Crippen LogP contribution is -2.12. The molecule has 5 nitrogen and oxygen atoms in total. The summed E-state index contributed by atoms with van der Waals surface area (Å²) in [5, 5.41) is 2.78. The summed E-state index contributed by atoms with van der Waals surface area (Å²) in [4.78, 5) is 38.5. The van der Waals surface area contributed by atoms with Gasteiger partial charge in [-0.05, 0) is 56.3 Å². The lowest BCUT2D eigenvalue weighted by atomic mass is 10.1. The molecule has 3 rings (SSSR count). The highest BCUT2D eigenvalue weighted by Gasteiger charge is 2.15. The van der Waals surface area contributed by atoms with Gasteiger partial charge in [0, 0.05) is 33.0 Å². The van der Waals surface area contributed by atoms with Gasteiger partial charge in [-0.25, -0.2) is 0 Å². The summed E-state index contributed by atoms with van der Waals surface area (Å²) in [6, 6.07) is 17.3. The van der Waals surface area contributed by atoms with Crippen molar-refractivity contribution in [1.82, 2.24) is 0 Å². The highest BCUT2D eigenvalue weighted by atomic mass is 32.1. The van der Waals surface area contributed by atoms with Crippen LogP contribution in [0.1, 0.15) is 43.3 Å². The molecule has 1 amide bonds. The number of aryl methyl sites for hydroxylation is 2. The second-order valence-electron chi connectivity index (χ2n) is 6.57. The third-order valence-electron chi connectivity index (χ3n) is 4.28. The van der Waals surface area contributed by atoms with Gasteiger partial charge in [0.05, 0.1) is 6.42 Å². The van der Waals surface area contributed by atoms with Crippen molar-refractivity contribution in [2.45, 2.75) is 26.7 Å². The minimum absolute atomic E-state index is 0.0136. The number of anilines is 1. The molecule has 0 saturated heterocycles. The molecule has 0 aliphatic rings. The fourth-order valence-electron chi connectivity index (χ4n) is 2.84. The fraction of sp³-hybridized carbons (Fsp3) is 0.174. The number of rotatable bonds is 7. The summed E-state index contributed by atoms with van der Waals surface area (Å²) < 4.78 is 5.28. The molecule has 3 aromatic rings. The molecule has 1 heterocycles. The average molecular weight is 407 g/mol. The topological polar surface area (TPSA) is 72.5 Å². The molecule has 0 bridgehead atoms. The van der Waals surface area contributed by atoms with Crippen molar-refractivity contribution in [2.24, 2.45) is 0 Å². The Bertz CT molecular complexity index is 1020. The molecule has 2 aromatic carbocycles. The van der Waals surface area contributed by atoms with E-state index in [0.717, 1.165) is 9.75 Å². The molecule has 148 valence electrons. The third kappa shape index (κ3) is 5.62. The van der Waals surface area contributed by atoms with Crippen LogP contribution in [0.3, 0.4) is 0 Å². The second-order valence-corrected chi connectivity index (χ2v) is 8.03. The van der Waals surface area contributed by atoms with Crippen molar-refractivity contribution in [2.75, 3.05) is 5.32 Å². The van der Waals surface area contributed by atoms with Gasteiger partial charge in [0.25, 0.3) is 5.91 Å². The van der Waals surface area contributed by atoms with Crippen LogP contribution in [0.5, 0.6) is 5.75 Å². The number of hydrogen-bond donors (Lipinski definition) is 1. The van der Waals surface area contributed by atoms with Gasteiger partial charge < -0.3 is 10.1 Å². The summed E-state index contributed by atoms with van der Waals surface area (Å²) in [5.74, 6) is -0.373. The Kier molecular flexibility index (Phi) is 6.57. The van der Waals surface area contributed by atoms with E-state index in [1.165, 1.54) is 0 Å². The minimum atomic E-state index is -0.468. The molecule has 0 saturated carbocycles. The van der Waals surface area contributed by atoms with E-state index in [0.29, 0.717) is 22.6 Å². The predicted molar refractivity (Wildman–Crippen MR) is 114 cm³/mol. The molecule has 0 fully saturated rings. The molecule has 0 atom stereocenters. The zero-order valence-corrected chi connectivity index (χ0v) is 17.0. The van der Waals surface area contributed by atoms with Gasteiger partial charge in [-0.3, -0.25) is 14.4 Å². The van der Waals surface area contributed by atoms with Crippen LogP contribution in [0.4, 0.5) is 5.69 Å². The van der Waals surface area contributed by atoms with E-state index in [9.17, 15) is 14.4 Å². The van der Waals surface area contributed by atoms with Crippen LogP contribution in [-0.2, 0) is 4.79 Å². The van der Waals surface area contributed by atoms with E-state index in [2.05, 4.69) is 5.32 Å². The summed E-state index contributed by atoms with van der Waals surface area (Å²) in [6.45, 7) is 3.86. The Morgan fingerprint density at radius 3 is 2.24 bits per heavy atom. The zero-order valence-electron chi connectivity index (χ0n) is 16.2. The van der Waals surface area contributed by atoms with Crippen LogP contribution < -0.4 is 10.1 Å². The molecule has 1 N–H and O–H groups in total. The van der Waals surface area contributed by atoms with E-state index < -0.39 is 5.97 Å². The Balaban J connectivity index is 1.50. The molecule has 6 heteroatoms. The lowest BCUT2D eigenvalue weighted by molar-refractivity contribution is -0.134. The number of nitrogens with one attached hydrogen (secondary N) is 1. The quantitative estimate of drug-likeness (QED) is 0.332. The number of amides is 1. The number of carbonyl (C=O) groups excluding carboxylic acids is 3. The largest absolute Gasteiger partial charge is 0.427 e. The first-order valence-electron chi connectivity index (χ1n) is 9.20. The van der Waals surface area contributed by atoms with Crippen molar-refractivity contribution >= 4 is 34.7 Å². The molecule has 0 spiro atoms. The Morgan fingerprint density at radius 1 is 0.931 bits per heavy atom. The summed E-state index contributed by atoms with van der Waals surface area (Å²) in [6.07, 6.45) is 0.126. The van der Waals surface area contributed by atoms with Gasteiger partial charge in [-0.15, -0.1) is 11.3 Å². The third-order valence-corrected chi connectivity index (χ3v) is 5.24. The minimum Gasteiger partial charge on any atom is -0.427 e. The first-order chi connectivity index (χ1) is 13.9. The lowest BCUT2D eigenvalue weighted by Gasteiger charge is -2.07. The van der Waals surface area contributed by atoms with E-state index in [1.807, 2.05) is 26.0 Å². The van der Waals surface area contributed by atoms with E-state index in [1.54, 1.807) is 59.9 Å². The van der Waals surface area contributed by atoms with Gasteiger partial charge >= 0.3 is 5.97 Å². The van der Waals surface area contributed by atoms with E-state index in [-0.39, 0.29) is 24.5 Å². The van der Waals surface area contributed by atoms with Crippen molar-refractivity contribution in [3.63, 3.8) is 0 Å². The number of benzene rings is 2. The zero-order chi connectivity index (χ0) is 20.8. The maximum Gasteiger partial charge on any atom is 0.311 e. The monoisotopic (exact) mass is 407 g/mol. The molecule has 29 heavy (non-hydrogen) atoms. The van der Waals surface area contributed by atoms with Crippen molar-refractivity contribution in [3.8, 4) is 5.75 Å². The van der Waals surface area contributed by atoms with Gasteiger partial charge in [-0.2, -0.15) is 0 Å². The second kappa shape index (κ2) is 9.30. The number of ether oxygens (including phenoxy) is 1. The number of carbonyl (C=O) groups is 3. The van der Waals surface area contributed by atoms with Crippen LogP contribution in [0, 0.1) is 13.8 Å². The molecule has 1 aromatic heterocycles.